The molecule has 5 heteroatoms. The van der Waals surface area contributed by atoms with Crippen molar-refractivity contribution in [2.75, 3.05) is 6.54 Å². The van der Waals surface area contributed by atoms with Gasteiger partial charge < -0.3 is 5.32 Å². The van der Waals surface area contributed by atoms with Gasteiger partial charge in [-0.1, -0.05) is 0 Å². The number of aromatic nitrogens is 3. The molecule has 0 amide bonds. The van der Waals surface area contributed by atoms with E-state index in [4.69, 9.17) is 0 Å². The van der Waals surface area contributed by atoms with Gasteiger partial charge >= 0.3 is 0 Å². The van der Waals surface area contributed by atoms with Gasteiger partial charge in [-0.15, -0.1) is 0 Å². The number of pyridine rings is 1. The molecule has 1 aliphatic heterocycles. The van der Waals surface area contributed by atoms with Crippen LogP contribution >= 0.6 is 0 Å². The van der Waals surface area contributed by atoms with E-state index in [2.05, 4.69) is 15.4 Å². The first-order valence-electron chi connectivity index (χ1n) is 5.89. The molecule has 3 rings (SSSR count). The monoisotopic (exact) mass is 230 g/mol. The maximum Gasteiger partial charge on any atom is 0.293 e. The highest BCUT2D eigenvalue weighted by molar-refractivity contribution is 5.75. The summed E-state index contributed by atoms with van der Waals surface area (Å²) in [6.45, 7) is 1.66. The lowest BCUT2D eigenvalue weighted by Gasteiger charge is -2.11. The predicted molar refractivity (Wildman–Crippen MR) is 64.8 cm³/mol. The lowest BCUT2D eigenvalue weighted by atomic mass is 10.2. The first-order valence-corrected chi connectivity index (χ1v) is 5.89. The summed E-state index contributed by atoms with van der Waals surface area (Å²) < 4.78 is 1.51. The summed E-state index contributed by atoms with van der Waals surface area (Å²) in [6, 6.07) is 4.03. The summed E-state index contributed by atoms with van der Waals surface area (Å²) >= 11 is 0. The number of fused-ring (bicyclic) bond motifs is 1. The van der Waals surface area contributed by atoms with Crippen LogP contribution in [0.4, 0.5) is 0 Å². The summed E-state index contributed by atoms with van der Waals surface area (Å²) in [5, 5.41) is 8.35. The third kappa shape index (κ3) is 1.93. The molecule has 1 saturated heterocycles. The fraction of sp³-hybridized carbons (Fsp3) is 0.417. The van der Waals surface area contributed by atoms with Crippen molar-refractivity contribution in [3.05, 3.63) is 34.9 Å². The van der Waals surface area contributed by atoms with Gasteiger partial charge in [0.1, 0.15) is 5.52 Å². The third-order valence-corrected chi connectivity index (χ3v) is 3.17. The Kier molecular flexibility index (Phi) is 2.60. The van der Waals surface area contributed by atoms with Crippen LogP contribution in [0.2, 0.25) is 0 Å². The highest BCUT2D eigenvalue weighted by Crippen LogP contribution is 2.07. The van der Waals surface area contributed by atoms with Crippen LogP contribution in [0.1, 0.15) is 12.8 Å². The Labute approximate surface area is 98.5 Å². The average molecular weight is 230 g/mol. The second-order valence-corrected chi connectivity index (χ2v) is 4.37. The van der Waals surface area contributed by atoms with E-state index in [9.17, 15) is 4.79 Å². The molecule has 2 aromatic heterocycles. The Hall–Kier alpha value is -1.75. The van der Waals surface area contributed by atoms with Crippen LogP contribution in [0.15, 0.2) is 29.3 Å². The lowest BCUT2D eigenvalue weighted by Crippen LogP contribution is -2.33. The standard InChI is InChI=1S/C12H14N4O/c17-12-11-9(3-1-6-14-11)7-15-16(12)8-10-4-2-5-13-10/h1,3,6-7,10,13H,2,4-5,8H2. The maximum atomic E-state index is 12.1. The van der Waals surface area contributed by atoms with Crippen LogP contribution in [0, 0.1) is 0 Å². The van der Waals surface area contributed by atoms with E-state index in [0.717, 1.165) is 18.4 Å². The largest absolute Gasteiger partial charge is 0.312 e. The topological polar surface area (TPSA) is 59.8 Å². The minimum Gasteiger partial charge on any atom is -0.312 e. The van der Waals surface area contributed by atoms with E-state index in [1.165, 1.54) is 11.1 Å². The van der Waals surface area contributed by atoms with E-state index in [-0.39, 0.29) is 5.56 Å². The average Bonchev–Trinajstić information content (AvgIpc) is 2.86. The van der Waals surface area contributed by atoms with Crippen molar-refractivity contribution in [3.8, 4) is 0 Å². The number of nitrogens with zero attached hydrogens (tertiary/aromatic N) is 3. The maximum absolute atomic E-state index is 12.1. The summed E-state index contributed by atoms with van der Waals surface area (Å²) in [5.41, 5.74) is 0.400. The number of hydrogen-bond acceptors (Lipinski definition) is 4. The van der Waals surface area contributed by atoms with E-state index < -0.39 is 0 Å². The van der Waals surface area contributed by atoms with Gasteiger partial charge in [0.2, 0.25) is 0 Å². The fourth-order valence-electron chi connectivity index (χ4n) is 2.26. The van der Waals surface area contributed by atoms with E-state index in [0.29, 0.717) is 18.1 Å². The van der Waals surface area contributed by atoms with Gasteiger partial charge in [0, 0.05) is 17.6 Å². The van der Waals surface area contributed by atoms with Crippen molar-refractivity contribution < 1.29 is 0 Å². The molecule has 3 heterocycles. The van der Waals surface area contributed by atoms with Crippen LogP contribution in [0.5, 0.6) is 0 Å². The van der Waals surface area contributed by atoms with Crippen molar-refractivity contribution in [1.82, 2.24) is 20.1 Å². The smallest absolute Gasteiger partial charge is 0.293 e. The van der Waals surface area contributed by atoms with Crippen molar-refractivity contribution >= 4 is 10.9 Å². The molecule has 0 saturated carbocycles. The van der Waals surface area contributed by atoms with Gasteiger partial charge in [-0.05, 0) is 31.5 Å². The van der Waals surface area contributed by atoms with Crippen molar-refractivity contribution in [2.24, 2.45) is 0 Å². The number of rotatable bonds is 2. The molecule has 17 heavy (non-hydrogen) atoms. The Morgan fingerprint density at radius 3 is 3.29 bits per heavy atom. The molecule has 0 radical (unpaired) electrons. The third-order valence-electron chi connectivity index (χ3n) is 3.17. The first kappa shape index (κ1) is 10.4. The zero-order chi connectivity index (χ0) is 11.7. The zero-order valence-electron chi connectivity index (χ0n) is 9.47. The van der Waals surface area contributed by atoms with Gasteiger partial charge in [0.25, 0.3) is 5.56 Å². The lowest BCUT2D eigenvalue weighted by molar-refractivity contribution is 0.461. The van der Waals surface area contributed by atoms with Crippen molar-refractivity contribution in [1.29, 1.82) is 0 Å². The molecule has 1 fully saturated rings. The SMILES string of the molecule is O=c1c2ncccc2cnn1CC1CCCN1. The van der Waals surface area contributed by atoms with E-state index >= 15 is 0 Å². The van der Waals surface area contributed by atoms with Gasteiger partial charge in [0.15, 0.2) is 0 Å². The first-order chi connectivity index (χ1) is 8.34. The molecule has 0 spiro atoms. The molecule has 1 unspecified atom stereocenters. The second kappa shape index (κ2) is 4.25. The van der Waals surface area contributed by atoms with E-state index in [1.807, 2.05) is 12.1 Å². The van der Waals surface area contributed by atoms with Gasteiger partial charge in [0.05, 0.1) is 12.7 Å². The number of nitrogens with one attached hydrogen (secondary N) is 1. The molecule has 0 aromatic carbocycles. The normalized spacial score (nSPS) is 19.9. The molecular formula is C12H14N4O. The Bertz CT molecular complexity index is 586. The molecule has 5 nitrogen and oxygen atoms in total. The van der Waals surface area contributed by atoms with Gasteiger partial charge in [-0.3, -0.25) is 9.78 Å². The Morgan fingerprint density at radius 1 is 1.53 bits per heavy atom. The molecule has 2 aromatic rings. The molecule has 1 aliphatic rings. The van der Waals surface area contributed by atoms with Crippen LogP contribution in [0.25, 0.3) is 10.9 Å². The Morgan fingerprint density at radius 2 is 2.47 bits per heavy atom. The van der Waals surface area contributed by atoms with Gasteiger partial charge in [-0.25, -0.2) is 4.68 Å². The minimum absolute atomic E-state index is 0.100. The molecule has 0 aliphatic carbocycles. The molecule has 1 atom stereocenters. The Balaban J connectivity index is 1.99. The second-order valence-electron chi connectivity index (χ2n) is 4.37. The van der Waals surface area contributed by atoms with Crippen LogP contribution in [-0.4, -0.2) is 27.4 Å². The van der Waals surface area contributed by atoms with Crippen molar-refractivity contribution in [2.45, 2.75) is 25.4 Å². The quantitative estimate of drug-likeness (QED) is 0.818. The highest BCUT2D eigenvalue weighted by Gasteiger charge is 2.16. The highest BCUT2D eigenvalue weighted by atomic mass is 16.1. The van der Waals surface area contributed by atoms with Gasteiger partial charge in [-0.2, -0.15) is 5.10 Å². The van der Waals surface area contributed by atoms with Crippen LogP contribution < -0.4 is 10.9 Å². The summed E-state index contributed by atoms with van der Waals surface area (Å²) in [7, 11) is 0. The summed E-state index contributed by atoms with van der Waals surface area (Å²) in [6.07, 6.45) is 5.63. The van der Waals surface area contributed by atoms with E-state index in [1.54, 1.807) is 12.4 Å². The summed E-state index contributed by atoms with van der Waals surface area (Å²) in [4.78, 5) is 16.2. The summed E-state index contributed by atoms with van der Waals surface area (Å²) in [5.74, 6) is 0. The molecule has 1 N–H and O–H groups in total. The van der Waals surface area contributed by atoms with Crippen molar-refractivity contribution in [3.63, 3.8) is 0 Å². The molecule has 88 valence electrons. The van der Waals surface area contributed by atoms with Crippen LogP contribution in [-0.2, 0) is 6.54 Å². The fourth-order valence-corrected chi connectivity index (χ4v) is 2.26. The van der Waals surface area contributed by atoms with Crippen LogP contribution in [0.3, 0.4) is 0 Å². The minimum atomic E-state index is -0.100. The predicted octanol–water partition coefficient (Wildman–Crippen LogP) is 0.543. The number of hydrogen-bond donors (Lipinski definition) is 1. The zero-order valence-corrected chi connectivity index (χ0v) is 9.47. The molecular weight excluding hydrogens is 216 g/mol. The molecule has 0 bridgehead atoms.